The number of fused-ring (bicyclic) bond motifs is 2. The molecule has 0 radical (unpaired) electrons. The number of nitrogens with zero attached hydrogens (tertiary/aromatic N) is 2. The summed E-state index contributed by atoms with van der Waals surface area (Å²) in [5, 5.41) is 5.58. The molecule has 2 heterocycles. The largest absolute Gasteiger partial charge is 0.493 e. The van der Waals surface area contributed by atoms with E-state index in [9.17, 15) is 14.4 Å². The average molecular weight is 437 g/mol. The van der Waals surface area contributed by atoms with Gasteiger partial charge in [0.25, 0.3) is 5.91 Å². The van der Waals surface area contributed by atoms with E-state index in [4.69, 9.17) is 4.74 Å². The zero-order chi connectivity index (χ0) is 22.9. The van der Waals surface area contributed by atoms with Crippen LogP contribution in [0.5, 0.6) is 5.75 Å². The van der Waals surface area contributed by atoms with E-state index in [1.807, 2.05) is 30.3 Å². The molecular formula is C24H28N4O4. The SMILES string of the molecule is CCN(c1ccc(NC(=O)CN2C(=O)NC3(CCOc4ccccc43)C2=O)cc1)C(C)C. The van der Waals surface area contributed by atoms with Gasteiger partial charge >= 0.3 is 6.03 Å². The molecule has 0 saturated carbocycles. The van der Waals surface area contributed by atoms with Crippen molar-refractivity contribution in [3.05, 3.63) is 54.1 Å². The van der Waals surface area contributed by atoms with Gasteiger partial charge in [0, 0.05) is 35.9 Å². The van der Waals surface area contributed by atoms with E-state index in [0.717, 1.165) is 17.1 Å². The average Bonchev–Trinajstić information content (AvgIpc) is 3.00. The molecular weight excluding hydrogens is 408 g/mol. The zero-order valence-electron chi connectivity index (χ0n) is 18.6. The molecule has 1 unspecified atom stereocenters. The number of carbonyl (C=O) groups is 3. The molecule has 1 spiro atoms. The van der Waals surface area contributed by atoms with Crippen LogP contribution < -0.4 is 20.3 Å². The Hall–Kier alpha value is -3.55. The van der Waals surface area contributed by atoms with Crippen LogP contribution in [0, 0.1) is 0 Å². The molecule has 2 aliphatic rings. The van der Waals surface area contributed by atoms with Crippen molar-refractivity contribution in [1.82, 2.24) is 10.2 Å². The second kappa shape index (κ2) is 8.53. The fraction of sp³-hybridized carbons (Fsp3) is 0.375. The number of para-hydroxylation sites is 1. The number of imide groups is 1. The van der Waals surface area contributed by atoms with Crippen molar-refractivity contribution in [3.63, 3.8) is 0 Å². The standard InChI is InChI=1S/C24H28N4O4/c1-4-27(16(2)3)18-11-9-17(10-12-18)25-21(29)15-28-22(30)24(26-23(28)31)13-14-32-20-8-6-5-7-19(20)24/h5-12,16H,4,13-15H2,1-3H3,(H,25,29)(H,26,31). The zero-order valence-corrected chi connectivity index (χ0v) is 18.6. The number of ether oxygens (including phenoxy) is 1. The molecule has 2 N–H and O–H groups in total. The van der Waals surface area contributed by atoms with Gasteiger partial charge in [0.1, 0.15) is 12.3 Å². The molecule has 4 amide bonds. The minimum atomic E-state index is -1.19. The van der Waals surface area contributed by atoms with Gasteiger partial charge in [-0.25, -0.2) is 4.79 Å². The van der Waals surface area contributed by atoms with Gasteiger partial charge in [-0.15, -0.1) is 0 Å². The number of amides is 4. The molecule has 2 aromatic rings. The third-order valence-electron chi connectivity index (χ3n) is 6.01. The Morgan fingerprint density at radius 2 is 1.91 bits per heavy atom. The second-order valence-corrected chi connectivity index (χ2v) is 8.30. The lowest BCUT2D eigenvalue weighted by atomic mass is 9.84. The maximum Gasteiger partial charge on any atom is 0.325 e. The molecule has 0 aliphatic carbocycles. The van der Waals surface area contributed by atoms with Gasteiger partial charge in [0.05, 0.1) is 6.61 Å². The van der Waals surface area contributed by atoms with Crippen LogP contribution in [0.1, 0.15) is 32.8 Å². The number of anilines is 2. The maximum absolute atomic E-state index is 13.3. The van der Waals surface area contributed by atoms with E-state index in [0.29, 0.717) is 36.1 Å². The van der Waals surface area contributed by atoms with Crippen LogP contribution in [0.2, 0.25) is 0 Å². The molecule has 2 aromatic carbocycles. The summed E-state index contributed by atoms with van der Waals surface area (Å²) >= 11 is 0. The van der Waals surface area contributed by atoms with E-state index in [-0.39, 0.29) is 6.54 Å². The Labute approximate surface area is 187 Å². The molecule has 1 atom stereocenters. The van der Waals surface area contributed by atoms with Crippen LogP contribution in [0.3, 0.4) is 0 Å². The smallest absolute Gasteiger partial charge is 0.325 e. The van der Waals surface area contributed by atoms with E-state index in [2.05, 4.69) is 36.3 Å². The van der Waals surface area contributed by atoms with Crippen molar-refractivity contribution in [1.29, 1.82) is 0 Å². The van der Waals surface area contributed by atoms with Gasteiger partial charge in [-0.1, -0.05) is 18.2 Å². The van der Waals surface area contributed by atoms with Crippen molar-refractivity contribution in [2.75, 3.05) is 29.9 Å². The first-order valence-electron chi connectivity index (χ1n) is 10.9. The van der Waals surface area contributed by atoms with Crippen molar-refractivity contribution in [3.8, 4) is 5.75 Å². The van der Waals surface area contributed by atoms with Crippen LogP contribution in [-0.2, 0) is 15.1 Å². The lowest BCUT2D eigenvalue weighted by molar-refractivity contribution is -0.135. The molecule has 1 saturated heterocycles. The Morgan fingerprint density at radius 1 is 1.19 bits per heavy atom. The molecule has 0 bridgehead atoms. The predicted octanol–water partition coefficient (Wildman–Crippen LogP) is 3.09. The van der Waals surface area contributed by atoms with Crippen LogP contribution >= 0.6 is 0 Å². The Kier molecular flexibility index (Phi) is 5.78. The van der Waals surface area contributed by atoms with Gasteiger partial charge in [0.15, 0.2) is 5.54 Å². The molecule has 8 heteroatoms. The van der Waals surface area contributed by atoms with Gasteiger partial charge in [-0.2, -0.15) is 0 Å². The highest BCUT2D eigenvalue weighted by molar-refractivity contribution is 6.10. The first-order valence-corrected chi connectivity index (χ1v) is 10.9. The number of nitrogens with one attached hydrogen (secondary N) is 2. The number of rotatable bonds is 6. The molecule has 32 heavy (non-hydrogen) atoms. The van der Waals surface area contributed by atoms with E-state index in [1.54, 1.807) is 18.2 Å². The minimum absolute atomic E-state index is 0.306. The molecule has 168 valence electrons. The van der Waals surface area contributed by atoms with Crippen molar-refractivity contribution < 1.29 is 19.1 Å². The Morgan fingerprint density at radius 3 is 2.59 bits per heavy atom. The molecule has 8 nitrogen and oxygen atoms in total. The van der Waals surface area contributed by atoms with E-state index < -0.39 is 23.4 Å². The lowest BCUT2D eigenvalue weighted by Gasteiger charge is -2.33. The summed E-state index contributed by atoms with van der Waals surface area (Å²) in [6.45, 7) is 7.18. The molecule has 2 aliphatic heterocycles. The van der Waals surface area contributed by atoms with Gasteiger partial charge < -0.3 is 20.3 Å². The summed E-state index contributed by atoms with van der Waals surface area (Å²) in [5.74, 6) is -0.296. The van der Waals surface area contributed by atoms with Crippen molar-refractivity contribution in [2.24, 2.45) is 0 Å². The third kappa shape index (κ3) is 3.77. The van der Waals surface area contributed by atoms with E-state index >= 15 is 0 Å². The minimum Gasteiger partial charge on any atom is -0.493 e. The third-order valence-corrected chi connectivity index (χ3v) is 6.01. The van der Waals surface area contributed by atoms with Crippen molar-refractivity contribution >= 4 is 29.2 Å². The Bertz CT molecular complexity index is 1040. The fourth-order valence-corrected chi connectivity index (χ4v) is 4.44. The fourth-order valence-electron chi connectivity index (χ4n) is 4.44. The summed E-state index contributed by atoms with van der Waals surface area (Å²) < 4.78 is 5.63. The summed E-state index contributed by atoms with van der Waals surface area (Å²) in [6.07, 6.45) is 0.317. The monoisotopic (exact) mass is 436 g/mol. The normalized spacial score (nSPS) is 19.6. The van der Waals surface area contributed by atoms with E-state index in [1.165, 1.54) is 0 Å². The second-order valence-electron chi connectivity index (χ2n) is 8.30. The number of hydrogen-bond acceptors (Lipinski definition) is 5. The van der Waals surface area contributed by atoms with Crippen LogP contribution in [0.25, 0.3) is 0 Å². The number of benzene rings is 2. The highest BCUT2D eigenvalue weighted by Crippen LogP contribution is 2.40. The summed E-state index contributed by atoms with van der Waals surface area (Å²) in [7, 11) is 0. The first-order chi connectivity index (χ1) is 15.4. The van der Waals surface area contributed by atoms with Gasteiger partial charge in [-0.3, -0.25) is 14.5 Å². The summed E-state index contributed by atoms with van der Waals surface area (Å²) in [5.41, 5.74) is 1.11. The van der Waals surface area contributed by atoms with Crippen LogP contribution in [0.15, 0.2) is 48.5 Å². The first kappa shape index (κ1) is 21.7. The molecule has 1 fully saturated rings. The molecule has 4 rings (SSSR count). The van der Waals surface area contributed by atoms with Crippen LogP contribution in [-0.4, -0.2) is 48.5 Å². The summed E-state index contributed by atoms with van der Waals surface area (Å²) in [4.78, 5) is 41.8. The summed E-state index contributed by atoms with van der Waals surface area (Å²) in [6, 6.07) is 14.5. The lowest BCUT2D eigenvalue weighted by Crippen LogP contribution is -2.48. The highest BCUT2D eigenvalue weighted by atomic mass is 16.5. The maximum atomic E-state index is 13.3. The van der Waals surface area contributed by atoms with Gasteiger partial charge in [-0.05, 0) is 51.1 Å². The molecule has 0 aromatic heterocycles. The number of carbonyl (C=O) groups excluding carboxylic acids is 3. The van der Waals surface area contributed by atoms with Gasteiger partial charge in [0.2, 0.25) is 5.91 Å². The highest BCUT2D eigenvalue weighted by Gasteiger charge is 2.55. The number of hydrogen-bond donors (Lipinski definition) is 2. The predicted molar refractivity (Wildman–Crippen MR) is 122 cm³/mol. The number of urea groups is 1. The van der Waals surface area contributed by atoms with Crippen LogP contribution in [0.4, 0.5) is 16.2 Å². The Balaban J connectivity index is 1.46. The van der Waals surface area contributed by atoms with Crippen molar-refractivity contribution in [2.45, 2.75) is 38.8 Å². The topological polar surface area (TPSA) is 91.0 Å². The quantitative estimate of drug-likeness (QED) is 0.679.